The van der Waals surface area contributed by atoms with Crippen LogP contribution in [0.25, 0.3) is 0 Å². The highest BCUT2D eigenvalue weighted by atomic mass is 79.9. The third-order valence-electron chi connectivity index (χ3n) is 2.59. The summed E-state index contributed by atoms with van der Waals surface area (Å²) in [6.07, 6.45) is 0.717. The van der Waals surface area contributed by atoms with Crippen molar-refractivity contribution in [2.75, 3.05) is 19.7 Å². The first-order valence-corrected chi connectivity index (χ1v) is 8.04. The molecule has 0 heterocycles. The molecule has 1 aromatic rings. The maximum atomic E-state index is 12.4. The molecule has 1 N–H and O–H groups in total. The molecule has 0 aromatic heterocycles. The summed E-state index contributed by atoms with van der Waals surface area (Å²) < 4.78 is 26.9. The van der Waals surface area contributed by atoms with Crippen LogP contribution in [0.2, 0.25) is 0 Å². The molecule has 1 rings (SSSR count). The van der Waals surface area contributed by atoms with Gasteiger partial charge in [-0.25, -0.2) is 8.42 Å². The predicted octanol–water partition coefficient (Wildman–Crippen LogP) is 2.15. The smallest absolute Gasteiger partial charge is 0.243 e. The number of hydrogen-bond acceptors (Lipinski definition) is 3. The lowest BCUT2D eigenvalue weighted by Gasteiger charge is -2.20. The minimum absolute atomic E-state index is 0.130. The van der Waals surface area contributed by atoms with Crippen molar-refractivity contribution < 1.29 is 13.5 Å². The Morgan fingerprint density at radius 2 is 2.00 bits per heavy atom. The maximum absolute atomic E-state index is 12.4. The van der Waals surface area contributed by atoms with Crippen molar-refractivity contribution in [1.29, 1.82) is 0 Å². The van der Waals surface area contributed by atoms with E-state index in [1.54, 1.807) is 18.2 Å². The van der Waals surface area contributed by atoms with Crippen molar-refractivity contribution >= 4 is 26.0 Å². The van der Waals surface area contributed by atoms with E-state index in [1.807, 2.05) is 13.8 Å². The number of hydrogen-bond donors (Lipinski definition) is 1. The van der Waals surface area contributed by atoms with Crippen LogP contribution in [0.5, 0.6) is 0 Å². The van der Waals surface area contributed by atoms with Gasteiger partial charge in [-0.2, -0.15) is 4.31 Å². The van der Waals surface area contributed by atoms with Crippen LogP contribution < -0.4 is 0 Å². The molecule has 0 unspecified atom stereocenters. The van der Waals surface area contributed by atoms with Crippen LogP contribution in [0, 0.1) is 6.92 Å². The van der Waals surface area contributed by atoms with E-state index in [-0.39, 0.29) is 18.0 Å². The molecule has 1 aromatic carbocycles. The van der Waals surface area contributed by atoms with Crippen molar-refractivity contribution in [1.82, 2.24) is 4.31 Å². The molecule has 0 aliphatic rings. The monoisotopic (exact) mass is 335 g/mol. The van der Waals surface area contributed by atoms with Crippen LogP contribution in [-0.2, 0) is 10.0 Å². The lowest BCUT2D eigenvalue weighted by molar-refractivity contribution is 0.253. The lowest BCUT2D eigenvalue weighted by Crippen LogP contribution is -2.34. The SMILES string of the molecule is CCCN(CCO)S(=O)(=O)c1ccc(Br)c(C)c1. The highest BCUT2D eigenvalue weighted by Gasteiger charge is 2.23. The van der Waals surface area contributed by atoms with Gasteiger partial charge < -0.3 is 5.11 Å². The molecule has 4 nitrogen and oxygen atoms in total. The second-order valence-electron chi connectivity index (χ2n) is 4.04. The third-order valence-corrected chi connectivity index (χ3v) is 5.37. The quantitative estimate of drug-likeness (QED) is 0.866. The van der Waals surface area contributed by atoms with E-state index in [4.69, 9.17) is 5.11 Å². The summed E-state index contributed by atoms with van der Waals surface area (Å²) in [4.78, 5) is 0.269. The van der Waals surface area contributed by atoms with Gasteiger partial charge in [0.05, 0.1) is 11.5 Å². The Balaban J connectivity index is 3.13. The summed E-state index contributed by atoms with van der Waals surface area (Å²) in [7, 11) is -3.51. The summed E-state index contributed by atoms with van der Waals surface area (Å²) in [5, 5.41) is 8.96. The number of sulfonamides is 1. The fourth-order valence-corrected chi connectivity index (χ4v) is 3.50. The minimum atomic E-state index is -3.51. The van der Waals surface area contributed by atoms with E-state index in [9.17, 15) is 8.42 Å². The zero-order chi connectivity index (χ0) is 13.8. The molecule has 0 radical (unpaired) electrons. The van der Waals surface area contributed by atoms with Crippen molar-refractivity contribution in [3.8, 4) is 0 Å². The molecule has 0 spiro atoms. The van der Waals surface area contributed by atoms with Gasteiger partial charge in [0.2, 0.25) is 10.0 Å². The Bertz CT molecular complexity index is 496. The molecule has 0 aliphatic heterocycles. The molecule has 0 saturated carbocycles. The number of aryl methyl sites for hydroxylation is 1. The first kappa shape index (κ1) is 15.6. The van der Waals surface area contributed by atoms with E-state index in [2.05, 4.69) is 15.9 Å². The Labute approximate surface area is 117 Å². The van der Waals surface area contributed by atoms with Gasteiger partial charge in [0, 0.05) is 17.6 Å². The van der Waals surface area contributed by atoms with Crippen molar-refractivity contribution in [2.24, 2.45) is 0 Å². The molecule has 0 saturated heterocycles. The van der Waals surface area contributed by atoms with Crippen LogP contribution in [0.15, 0.2) is 27.6 Å². The number of aliphatic hydroxyl groups excluding tert-OH is 1. The minimum Gasteiger partial charge on any atom is -0.395 e. The van der Waals surface area contributed by atoms with Gasteiger partial charge in [0.25, 0.3) is 0 Å². The van der Waals surface area contributed by atoms with E-state index in [1.165, 1.54) is 4.31 Å². The van der Waals surface area contributed by atoms with E-state index in [0.29, 0.717) is 6.54 Å². The number of nitrogens with zero attached hydrogens (tertiary/aromatic N) is 1. The Kier molecular flexibility index (Phi) is 5.78. The molecule has 18 heavy (non-hydrogen) atoms. The Morgan fingerprint density at radius 3 is 2.50 bits per heavy atom. The van der Waals surface area contributed by atoms with E-state index in [0.717, 1.165) is 16.5 Å². The molecule has 0 bridgehead atoms. The van der Waals surface area contributed by atoms with Gasteiger partial charge >= 0.3 is 0 Å². The average Bonchev–Trinajstić information content (AvgIpc) is 2.32. The second kappa shape index (κ2) is 6.65. The van der Waals surface area contributed by atoms with Crippen molar-refractivity contribution in [2.45, 2.75) is 25.2 Å². The lowest BCUT2D eigenvalue weighted by atomic mass is 10.2. The van der Waals surface area contributed by atoms with Crippen LogP contribution >= 0.6 is 15.9 Å². The standard InChI is InChI=1S/C12H18BrNO3S/c1-3-6-14(7-8-15)18(16,17)11-4-5-12(13)10(2)9-11/h4-5,9,15H,3,6-8H2,1-2H3. The maximum Gasteiger partial charge on any atom is 0.243 e. The van der Waals surface area contributed by atoms with Crippen molar-refractivity contribution in [3.63, 3.8) is 0 Å². The van der Waals surface area contributed by atoms with Gasteiger partial charge in [-0.1, -0.05) is 22.9 Å². The average molecular weight is 336 g/mol. The summed E-state index contributed by atoms with van der Waals surface area (Å²) in [6, 6.07) is 4.94. The molecule has 0 aliphatic carbocycles. The second-order valence-corrected chi connectivity index (χ2v) is 6.83. The van der Waals surface area contributed by atoms with Crippen LogP contribution in [0.3, 0.4) is 0 Å². The molecule has 6 heteroatoms. The van der Waals surface area contributed by atoms with Crippen LogP contribution in [-0.4, -0.2) is 37.5 Å². The Morgan fingerprint density at radius 1 is 1.33 bits per heavy atom. The molecule has 0 atom stereocenters. The van der Waals surface area contributed by atoms with Gasteiger partial charge in [-0.05, 0) is 37.1 Å². The largest absolute Gasteiger partial charge is 0.395 e. The van der Waals surface area contributed by atoms with E-state index < -0.39 is 10.0 Å². The van der Waals surface area contributed by atoms with Gasteiger partial charge in [0.1, 0.15) is 0 Å². The zero-order valence-electron chi connectivity index (χ0n) is 10.6. The number of benzene rings is 1. The fraction of sp³-hybridized carbons (Fsp3) is 0.500. The summed E-state index contributed by atoms with van der Waals surface area (Å²) in [5.41, 5.74) is 0.872. The van der Waals surface area contributed by atoms with Gasteiger partial charge in [-0.15, -0.1) is 0 Å². The fourth-order valence-electron chi connectivity index (χ4n) is 1.64. The zero-order valence-corrected chi connectivity index (χ0v) is 13.0. The first-order valence-electron chi connectivity index (χ1n) is 5.80. The first-order chi connectivity index (χ1) is 8.43. The van der Waals surface area contributed by atoms with Crippen LogP contribution in [0.1, 0.15) is 18.9 Å². The molecule has 0 amide bonds. The topological polar surface area (TPSA) is 57.6 Å². The molecule has 102 valence electrons. The predicted molar refractivity (Wildman–Crippen MR) is 75.0 cm³/mol. The number of aliphatic hydroxyl groups is 1. The van der Waals surface area contributed by atoms with Gasteiger partial charge in [-0.3, -0.25) is 0 Å². The number of rotatable bonds is 6. The van der Waals surface area contributed by atoms with E-state index >= 15 is 0 Å². The molecular formula is C12H18BrNO3S. The summed E-state index contributed by atoms with van der Waals surface area (Å²) in [5.74, 6) is 0. The summed E-state index contributed by atoms with van der Waals surface area (Å²) >= 11 is 3.35. The molecular weight excluding hydrogens is 318 g/mol. The van der Waals surface area contributed by atoms with Crippen molar-refractivity contribution in [3.05, 3.63) is 28.2 Å². The highest BCUT2D eigenvalue weighted by Crippen LogP contribution is 2.22. The van der Waals surface area contributed by atoms with Crippen LogP contribution in [0.4, 0.5) is 0 Å². The Hall–Kier alpha value is -0.430. The normalized spacial score (nSPS) is 12.1. The summed E-state index contributed by atoms with van der Waals surface area (Å²) in [6.45, 7) is 4.13. The molecule has 0 fully saturated rings. The van der Waals surface area contributed by atoms with Gasteiger partial charge in [0.15, 0.2) is 0 Å². The number of halogens is 1. The highest BCUT2D eigenvalue weighted by molar-refractivity contribution is 9.10. The third kappa shape index (κ3) is 3.54.